The Bertz CT molecular complexity index is 1150. The lowest BCUT2D eigenvalue weighted by molar-refractivity contribution is -0.220. The second kappa shape index (κ2) is 47.1. The van der Waals surface area contributed by atoms with E-state index in [-0.39, 0.29) is 13.0 Å². The Labute approximate surface area is 423 Å². The molecule has 412 valence electrons. The minimum atomic E-state index is -5.02. The first-order chi connectivity index (χ1) is 33.5. The van der Waals surface area contributed by atoms with Crippen molar-refractivity contribution in [2.24, 2.45) is 0 Å². The number of phosphoric acid groups is 1. The van der Waals surface area contributed by atoms with Crippen molar-refractivity contribution in [2.75, 3.05) is 19.8 Å². The normalized spacial score (nSPS) is 20.9. The second-order valence-electron chi connectivity index (χ2n) is 20.9. The van der Waals surface area contributed by atoms with Crippen LogP contribution < -0.4 is 0 Å². The molecular formula is C56H111O12P. The monoisotopic (exact) mass is 1010 g/mol. The molecule has 0 bridgehead atoms. The third-order valence-electron chi connectivity index (χ3n) is 14.2. The number of phosphoric ester groups is 1. The van der Waals surface area contributed by atoms with Crippen LogP contribution in [0.5, 0.6) is 0 Å². The number of carbonyl (C=O) groups is 1. The summed E-state index contributed by atoms with van der Waals surface area (Å²) in [5, 5.41) is 50.4. The van der Waals surface area contributed by atoms with Gasteiger partial charge in [-0.3, -0.25) is 13.8 Å². The fourth-order valence-electron chi connectivity index (χ4n) is 9.60. The van der Waals surface area contributed by atoms with Crippen LogP contribution in [0.3, 0.4) is 0 Å². The van der Waals surface area contributed by atoms with Crippen LogP contribution in [0.1, 0.15) is 290 Å². The number of esters is 1. The van der Waals surface area contributed by atoms with E-state index < -0.39 is 63.1 Å². The first-order valence-corrected chi connectivity index (χ1v) is 30.9. The zero-order valence-electron chi connectivity index (χ0n) is 44.6. The lowest BCUT2D eigenvalue weighted by atomic mass is 9.85. The van der Waals surface area contributed by atoms with Crippen molar-refractivity contribution >= 4 is 13.8 Å². The first-order valence-electron chi connectivity index (χ1n) is 29.4. The summed E-state index contributed by atoms with van der Waals surface area (Å²) in [5.74, 6) is -0.467. The third-order valence-corrected chi connectivity index (χ3v) is 15.2. The van der Waals surface area contributed by atoms with Crippen molar-refractivity contribution in [3.63, 3.8) is 0 Å². The van der Waals surface area contributed by atoms with Gasteiger partial charge >= 0.3 is 13.8 Å². The molecule has 0 amide bonds. The van der Waals surface area contributed by atoms with Crippen LogP contribution in [0.4, 0.5) is 0 Å². The van der Waals surface area contributed by atoms with Crippen molar-refractivity contribution in [3.8, 4) is 0 Å². The smallest absolute Gasteiger partial charge is 0.457 e. The molecule has 1 fully saturated rings. The first kappa shape index (κ1) is 66.4. The van der Waals surface area contributed by atoms with Gasteiger partial charge in [0, 0.05) is 13.0 Å². The Morgan fingerprint density at radius 3 is 1.00 bits per heavy atom. The molecule has 0 aromatic carbocycles. The zero-order valence-corrected chi connectivity index (χ0v) is 45.5. The number of rotatable bonds is 52. The topological polar surface area (TPSA) is 192 Å². The SMILES string of the molecule is CCCCCCCCCCCCCCCCCCCCCCCCCCCCCCC(=O)O[C@H](COCCCCCCCCCCCCCCCC)COP(=O)(O)OC1C(O)C(O)C(O)[C@@H](O)C1O. The molecule has 0 aliphatic heterocycles. The van der Waals surface area contributed by atoms with Gasteiger partial charge in [0.1, 0.15) is 42.7 Å². The third kappa shape index (κ3) is 38.6. The van der Waals surface area contributed by atoms with Gasteiger partial charge < -0.3 is 39.9 Å². The molecule has 0 radical (unpaired) electrons. The Hall–Kier alpha value is -0.660. The van der Waals surface area contributed by atoms with E-state index in [1.807, 2.05) is 0 Å². The molecule has 0 saturated heterocycles. The van der Waals surface area contributed by atoms with E-state index in [9.17, 15) is 39.8 Å². The molecule has 1 aliphatic rings. The predicted molar refractivity (Wildman–Crippen MR) is 281 cm³/mol. The standard InChI is InChI=1S/C56H111O12P/c1-3-5-7-9-11-13-15-17-19-20-21-22-23-24-25-26-27-28-29-30-31-32-33-35-37-39-41-43-45-50(57)67-49(47-65-46-44-42-40-38-36-34-18-16-14-12-10-8-6-4-2)48-66-69(63,64)68-56-54(61)52(59)51(58)53(60)55(56)62/h49,51-56,58-62H,3-48H2,1-2H3,(H,63,64)/t49-,51?,52-,53?,54?,55?,56?/m1/s1. The number of hydrogen-bond acceptors (Lipinski definition) is 11. The average molecular weight is 1010 g/mol. The summed E-state index contributed by atoms with van der Waals surface area (Å²) in [5.41, 5.74) is 0. The van der Waals surface area contributed by atoms with Gasteiger partial charge in [0.05, 0.1) is 13.2 Å². The molecule has 0 heterocycles. The molecule has 6 N–H and O–H groups in total. The number of carbonyl (C=O) groups excluding carboxylic acids is 1. The van der Waals surface area contributed by atoms with Crippen molar-refractivity contribution in [3.05, 3.63) is 0 Å². The molecule has 0 aromatic heterocycles. The van der Waals surface area contributed by atoms with Gasteiger partial charge in [-0.1, -0.05) is 271 Å². The molecule has 1 saturated carbocycles. The molecule has 0 aromatic rings. The lowest BCUT2D eigenvalue weighted by Crippen LogP contribution is -2.64. The van der Waals surface area contributed by atoms with Gasteiger partial charge in [0.2, 0.25) is 0 Å². The highest BCUT2D eigenvalue weighted by Gasteiger charge is 2.51. The summed E-state index contributed by atoms with van der Waals surface area (Å²) in [6.45, 7) is 4.33. The molecule has 1 aliphatic carbocycles. The van der Waals surface area contributed by atoms with E-state index in [0.29, 0.717) is 13.0 Å². The summed E-state index contributed by atoms with van der Waals surface area (Å²) in [6, 6.07) is 0. The summed E-state index contributed by atoms with van der Waals surface area (Å²) >= 11 is 0. The van der Waals surface area contributed by atoms with Gasteiger partial charge in [0.15, 0.2) is 0 Å². The van der Waals surface area contributed by atoms with E-state index in [4.69, 9.17) is 18.5 Å². The largest absolute Gasteiger partial charge is 0.472 e. The highest BCUT2D eigenvalue weighted by atomic mass is 31.2. The lowest BCUT2D eigenvalue weighted by Gasteiger charge is -2.41. The quantitative estimate of drug-likeness (QED) is 0.0192. The number of hydrogen-bond donors (Lipinski definition) is 6. The molecular weight excluding hydrogens is 896 g/mol. The van der Waals surface area contributed by atoms with E-state index in [2.05, 4.69) is 13.8 Å². The van der Waals surface area contributed by atoms with Crippen LogP contribution in [0.15, 0.2) is 0 Å². The molecule has 69 heavy (non-hydrogen) atoms. The van der Waals surface area contributed by atoms with Crippen molar-refractivity contribution in [1.82, 2.24) is 0 Å². The Balaban J connectivity index is 2.19. The average Bonchev–Trinajstić information content (AvgIpc) is 3.34. The van der Waals surface area contributed by atoms with Crippen LogP contribution in [0.25, 0.3) is 0 Å². The summed E-state index contributed by atoms with van der Waals surface area (Å²) in [4.78, 5) is 23.3. The minimum Gasteiger partial charge on any atom is -0.457 e. The second-order valence-corrected chi connectivity index (χ2v) is 22.3. The maximum atomic E-state index is 12.9. The predicted octanol–water partition coefficient (Wildman–Crippen LogP) is 14.0. The highest BCUT2D eigenvalue weighted by Crippen LogP contribution is 2.47. The van der Waals surface area contributed by atoms with Crippen LogP contribution in [0, 0.1) is 0 Å². The van der Waals surface area contributed by atoms with E-state index in [0.717, 1.165) is 38.5 Å². The fourth-order valence-corrected chi connectivity index (χ4v) is 10.6. The van der Waals surface area contributed by atoms with Crippen molar-refractivity contribution < 1.29 is 58.3 Å². The minimum absolute atomic E-state index is 0.0674. The van der Waals surface area contributed by atoms with Gasteiger partial charge in [-0.2, -0.15) is 0 Å². The van der Waals surface area contributed by atoms with Gasteiger partial charge in [-0.15, -0.1) is 0 Å². The van der Waals surface area contributed by atoms with Crippen LogP contribution in [-0.2, 0) is 27.9 Å². The van der Waals surface area contributed by atoms with Crippen LogP contribution >= 0.6 is 7.82 Å². The summed E-state index contributed by atoms with van der Waals surface area (Å²) < 4.78 is 34.4. The van der Waals surface area contributed by atoms with E-state index in [1.54, 1.807) is 0 Å². The Morgan fingerprint density at radius 2 is 0.681 bits per heavy atom. The van der Waals surface area contributed by atoms with E-state index in [1.165, 1.54) is 225 Å². The fraction of sp³-hybridized carbons (Fsp3) is 0.982. The molecule has 8 atom stereocenters. The van der Waals surface area contributed by atoms with Gasteiger partial charge in [-0.05, 0) is 12.8 Å². The van der Waals surface area contributed by atoms with Gasteiger partial charge in [0.25, 0.3) is 0 Å². The van der Waals surface area contributed by atoms with Crippen molar-refractivity contribution in [1.29, 1.82) is 0 Å². The number of ether oxygens (including phenoxy) is 2. The number of aliphatic hydroxyl groups is 5. The van der Waals surface area contributed by atoms with Gasteiger partial charge in [-0.25, -0.2) is 4.57 Å². The number of unbranched alkanes of at least 4 members (excludes halogenated alkanes) is 40. The highest BCUT2D eigenvalue weighted by molar-refractivity contribution is 7.47. The van der Waals surface area contributed by atoms with E-state index >= 15 is 0 Å². The van der Waals surface area contributed by atoms with Crippen LogP contribution in [-0.4, -0.2) is 98.9 Å². The van der Waals surface area contributed by atoms with Crippen molar-refractivity contribution in [2.45, 2.75) is 333 Å². The molecule has 6 unspecified atom stereocenters. The maximum Gasteiger partial charge on any atom is 0.472 e. The van der Waals surface area contributed by atoms with Crippen LogP contribution in [0.2, 0.25) is 0 Å². The number of aliphatic hydroxyl groups excluding tert-OH is 5. The summed E-state index contributed by atoms with van der Waals surface area (Å²) in [7, 11) is -5.02. The maximum absolute atomic E-state index is 12.9. The Morgan fingerprint density at radius 1 is 0.406 bits per heavy atom. The Kier molecular flexibility index (Phi) is 45.3. The molecule has 0 spiro atoms. The summed E-state index contributed by atoms with van der Waals surface area (Å²) in [6.07, 6.45) is 41.9. The molecule has 13 heteroatoms. The molecule has 1 rings (SSSR count). The zero-order chi connectivity index (χ0) is 50.5. The molecule has 12 nitrogen and oxygen atoms in total.